The van der Waals surface area contributed by atoms with Crippen molar-refractivity contribution in [2.45, 2.75) is 0 Å². The minimum absolute atomic E-state index is 0.239. The van der Waals surface area contributed by atoms with Gasteiger partial charge in [0.25, 0.3) is 5.91 Å². The van der Waals surface area contributed by atoms with Gasteiger partial charge in [-0.2, -0.15) is 4.98 Å². The lowest BCUT2D eigenvalue weighted by Crippen LogP contribution is -2.13. The summed E-state index contributed by atoms with van der Waals surface area (Å²) in [5.41, 5.74) is 3.13. The first-order valence-corrected chi connectivity index (χ1v) is 9.41. The van der Waals surface area contributed by atoms with Gasteiger partial charge in [-0.05, 0) is 59.3 Å². The fourth-order valence-corrected chi connectivity index (χ4v) is 3.35. The van der Waals surface area contributed by atoms with Crippen LogP contribution in [-0.2, 0) is 0 Å². The molecule has 0 unspecified atom stereocenters. The molecular formula is C24H17N3O3. The van der Waals surface area contributed by atoms with Crippen LogP contribution < -0.4 is 10.1 Å². The SMILES string of the molecule is COc1cc2ccccc2cc1C(=O)Nc1ccc(-c2nc3ncccc3o2)cc1. The van der Waals surface area contributed by atoms with Gasteiger partial charge in [0.05, 0.1) is 12.7 Å². The van der Waals surface area contributed by atoms with Crippen molar-refractivity contribution < 1.29 is 13.9 Å². The fraction of sp³-hybridized carbons (Fsp3) is 0.0417. The second-order valence-corrected chi connectivity index (χ2v) is 6.78. The Kier molecular flexibility index (Phi) is 4.37. The summed E-state index contributed by atoms with van der Waals surface area (Å²) in [5.74, 6) is 0.774. The Balaban J connectivity index is 1.40. The second-order valence-electron chi connectivity index (χ2n) is 6.78. The zero-order valence-corrected chi connectivity index (χ0v) is 16.1. The Labute approximate surface area is 172 Å². The molecule has 0 aliphatic carbocycles. The van der Waals surface area contributed by atoms with Gasteiger partial charge in [-0.25, -0.2) is 4.98 Å². The third-order valence-electron chi connectivity index (χ3n) is 4.87. The first-order chi connectivity index (χ1) is 14.7. The number of amides is 1. The maximum Gasteiger partial charge on any atom is 0.259 e. The smallest absolute Gasteiger partial charge is 0.259 e. The van der Waals surface area contributed by atoms with Gasteiger partial charge in [0.1, 0.15) is 5.75 Å². The van der Waals surface area contributed by atoms with Gasteiger partial charge in [0.2, 0.25) is 5.89 Å². The molecule has 2 aromatic heterocycles. The first kappa shape index (κ1) is 17.9. The highest BCUT2D eigenvalue weighted by Crippen LogP contribution is 2.28. The van der Waals surface area contributed by atoms with E-state index in [4.69, 9.17) is 9.15 Å². The van der Waals surface area contributed by atoms with E-state index >= 15 is 0 Å². The average molecular weight is 395 g/mol. The number of hydrogen-bond acceptors (Lipinski definition) is 5. The second kappa shape index (κ2) is 7.33. The molecule has 146 valence electrons. The molecule has 0 aliphatic rings. The number of nitrogens with zero attached hydrogens (tertiary/aromatic N) is 2. The molecule has 0 atom stereocenters. The van der Waals surface area contributed by atoms with Crippen molar-refractivity contribution in [2.75, 3.05) is 12.4 Å². The number of hydrogen-bond donors (Lipinski definition) is 1. The fourth-order valence-electron chi connectivity index (χ4n) is 3.35. The van der Waals surface area contributed by atoms with Crippen LogP contribution in [0.3, 0.4) is 0 Å². The Morgan fingerprint density at radius 2 is 1.73 bits per heavy atom. The van der Waals surface area contributed by atoms with Crippen molar-refractivity contribution in [3.8, 4) is 17.2 Å². The summed E-state index contributed by atoms with van der Waals surface area (Å²) in [6, 6.07) is 22.5. The van der Waals surface area contributed by atoms with Crippen molar-refractivity contribution in [3.05, 3.63) is 84.6 Å². The van der Waals surface area contributed by atoms with Gasteiger partial charge in [0, 0.05) is 17.4 Å². The van der Waals surface area contributed by atoms with E-state index in [1.165, 1.54) is 0 Å². The third-order valence-corrected chi connectivity index (χ3v) is 4.87. The summed E-state index contributed by atoms with van der Waals surface area (Å²) in [7, 11) is 1.56. The molecule has 0 saturated carbocycles. The van der Waals surface area contributed by atoms with Crippen LogP contribution >= 0.6 is 0 Å². The predicted molar refractivity (Wildman–Crippen MR) is 116 cm³/mol. The molecule has 2 heterocycles. The molecule has 1 amide bonds. The standard InChI is InChI=1S/C24H17N3O3/c1-29-21-14-17-6-3-2-5-16(17)13-19(21)23(28)26-18-10-8-15(9-11-18)24-27-22-20(30-24)7-4-12-25-22/h2-14H,1H3,(H,26,28). The number of carbonyl (C=O) groups excluding carboxylic acids is 1. The van der Waals surface area contributed by atoms with Crippen LogP contribution in [0.2, 0.25) is 0 Å². The number of ether oxygens (including phenoxy) is 1. The zero-order valence-electron chi connectivity index (χ0n) is 16.1. The summed E-state index contributed by atoms with van der Waals surface area (Å²) in [6.07, 6.45) is 1.67. The van der Waals surface area contributed by atoms with E-state index in [0.717, 1.165) is 16.3 Å². The predicted octanol–water partition coefficient (Wildman–Crippen LogP) is 5.30. The topological polar surface area (TPSA) is 77.2 Å². The molecule has 0 fully saturated rings. The molecule has 30 heavy (non-hydrogen) atoms. The largest absolute Gasteiger partial charge is 0.496 e. The van der Waals surface area contributed by atoms with Gasteiger partial charge in [-0.3, -0.25) is 4.79 Å². The van der Waals surface area contributed by atoms with Gasteiger partial charge < -0.3 is 14.5 Å². The number of nitrogens with one attached hydrogen (secondary N) is 1. The number of carbonyl (C=O) groups is 1. The van der Waals surface area contributed by atoms with Gasteiger partial charge in [-0.15, -0.1) is 0 Å². The molecule has 0 radical (unpaired) electrons. The first-order valence-electron chi connectivity index (χ1n) is 9.41. The van der Waals surface area contributed by atoms with Crippen molar-refractivity contribution in [1.82, 2.24) is 9.97 Å². The van der Waals surface area contributed by atoms with E-state index in [9.17, 15) is 4.79 Å². The number of anilines is 1. The minimum Gasteiger partial charge on any atom is -0.496 e. The summed E-state index contributed by atoms with van der Waals surface area (Å²) in [4.78, 5) is 21.5. The Hall–Kier alpha value is -4.19. The van der Waals surface area contributed by atoms with Crippen molar-refractivity contribution in [3.63, 3.8) is 0 Å². The third kappa shape index (κ3) is 3.24. The van der Waals surface area contributed by atoms with Crippen molar-refractivity contribution in [2.24, 2.45) is 0 Å². The summed E-state index contributed by atoms with van der Waals surface area (Å²) in [6.45, 7) is 0. The Morgan fingerprint density at radius 3 is 2.47 bits per heavy atom. The van der Waals surface area contributed by atoms with E-state index in [1.807, 2.05) is 66.7 Å². The summed E-state index contributed by atoms with van der Waals surface area (Å²) in [5, 5.41) is 4.91. The highest BCUT2D eigenvalue weighted by molar-refractivity contribution is 6.08. The average Bonchev–Trinajstić information content (AvgIpc) is 3.23. The molecule has 6 nitrogen and oxygen atoms in total. The monoisotopic (exact) mass is 395 g/mol. The zero-order chi connectivity index (χ0) is 20.5. The highest BCUT2D eigenvalue weighted by Gasteiger charge is 2.15. The van der Waals surface area contributed by atoms with E-state index in [2.05, 4.69) is 15.3 Å². The van der Waals surface area contributed by atoms with Crippen LogP contribution in [0.1, 0.15) is 10.4 Å². The molecule has 0 spiro atoms. The maximum absolute atomic E-state index is 12.9. The Bertz CT molecular complexity index is 1340. The summed E-state index contributed by atoms with van der Waals surface area (Å²) >= 11 is 0. The normalized spacial score (nSPS) is 11.0. The number of benzene rings is 3. The van der Waals surface area contributed by atoms with E-state index in [-0.39, 0.29) is 5.91 Å². The molecule has 1 N–H and O–H groups in total. The lowest BCUT2D eigenvalue weighted by atomic mass is 10.1. The molecule has 5 aromatic rings. The van der Waals surface area contributed by atoms with E-state index in [1.54, 1.807) is 19.4 Å². The van der Waals surface area contributed by atoms with Crippen LogP contribution in [0.4, 0.5) is 5.69 Å². The number of aromatic nitrogens is 2. The molecule has 5 rings (SSSR count). The van der Waals surface area contributed by atoms with Crippen LogP contribution in [0.15, 0.2) is 83.4 Å². The molecule has 0 bridgehead atoms. The number of fused-ring (bicyclic) bond motifs is 2. The van der Waals surface area contributed by atoms with Gasteiger partial charge >= 0.3 is 0 Å². The molecule has 6 heteroatoms. The van der Waals surface area contributed by atoms with E-state index < -0.39 is 0 Å². The van der Waals surface area contributed by atoms with E-state index in [0.29, 0.717) is 34.1 Å². The number of methoxy groups -OCH3 is 1. The van der Waals surface area contributed by atoms with Crippen molar-refractivity contribution in [1.29, 1.82) is 0 Å². The summed E-state index contributed by atoms with van der Waals surface area (Å²) < 4.78 is 11.2. The highest BCUT2D eigenvalue weighted by atomic mass is 16.5. The van der Waals surface area contributed by atoms with Gasteiger partial charge in [0.15, 0.2) is 11.2 Å². The van der Waals surface area contributed by atoms with Crippen LogP contribution in [0, 0.1) is 0 Å². The van der Waals surface area contributed by atoms with Crippen LogP contribution in [0.25, 0.3) is 33.5 Å². The van der Waals surface area contributed by atoms with Crippen molar-refractivity contribution >= 4 is 33.6 Å². The molecule has 0 saturated heterocycles. The number of pyridine rings is 1. The Morgan fingerprint density at radius 1 is 0.967 bits per heavy atom. The molecule has 3 aromatic carbocycles. The number of oxazole rings is 1. The van der Waals surface area contributed by atoms with Crippen LogP contribution in [-0.4, -0.2) is 23.0 Å². The lowest BCUT2D eigenvalue weighted by Gasteiger charge is -2.11. The molecule has 0 aliphatic heterocycles. The number of rotatable bonds is 4. The quantitative estimate of drug-likeness (QED) is 0.447. The van der Waals surface area contributed by atoms with Gasteiger partial charge in [-0.1, -0.05) is 24.3 Å². The lowest BCUT2D eigenvalue weighted by molar-refractivity contribution is 0.102. The molecular weight excluding hydrogens is 378 g/mol. The maximum atomic E-state index is 12.9. The minimum atomic E-state index is -0.239. The van der Waals surface area contributed by atoms with Crippen LogP contribution in [0.5, 0.6) is 5.75 Å².